The number of benzene rings is 3. The zero-order valence-electron chi connectivity index (χ0n) is 16.4. The molecule has 3 aromatic carbocycles. The van der Waals surface area contributed by atoms with Crippen molar-refractivity contribution in [3.05, 3.63) is 102 Å². The molecule has 152 valence electrons. The van der Waals surface area contributed by atoms with Crippen LogP contribution in [0.5, 0.6) is 0 Å². The summed E-state index contributed by atoms with van der Waals surface area (Å²) >= 11 is 1.28. The average Bonchev–Trinajstić information content (AvgIpc) is 3.28. The number of nitrogens with one attached hydrogen (secondary N) is 2. The van der Waals surface area contributed by atoms with Crippen LogP contribution in [0.3, 0.4) is 0 Å². The average molecular weight is 427 g/mol. The van der Waals surface area contributed by atoms with E-state index in [1.54, 1.807) is 30.3 Å². The van der Waals surface area contributed by atoms with E-state index in [0.29, 0.717) is 21.4 Å². The molecule has 1 aromatic heterocycles. The molecular formula is C24H18N4O2S. The van der Waals surface area contributed by atoms with E-state index >= 15 is 0 Å². The molecule has 0 aliphatic rings. The summed E-state index contributed by atoms with van der Waals surface area (Å²) in [6, 6.07) is 25.9. The highest BCUT2D eigenvalue weighted by molar-refractivity contribution is 7.18. The number of amides is 2. The van der Waals surface area contributed by atoms with Crippen LogP contribution in [0.2, 0.25) is 0 Å². The summed E-state index contributed by atoms with van der Waals surface area (Å²) in [5.41, 5.74) is 2.59. The molecule has 0 bridgehead atoms. The molecule has 1 heterocycles. The Labute approximate surface area is 183 Å². The maximum atomic E-state index is 12.8. The van der Waals surface area contributed by atoms with Crippen molar-refractivity contribution in [2.24, 2.45) is 0 Å². The highest BCUT2D eigenvalue weighted by Crippen LogP contribution is 2.27. The molecule has 4 aromatic rings. The molecule has 2 amide bonds. The van der Waals surface area contributed by atoms with Crippen molar-refractivity contribution in [3.8, 4) is 10.6 Å². The van der Waals surface area contributed by atoms with Crippen LogP contribution >= 0.6 is 11.3 Å². The molecule has 4 rings (SSSR count). The van der Waals surface area contributed by atoms with Gasteiger partial charge in [-0.15, -0.1) is 10.2 Å². The van der Waals surface area contributed by atoms with Gasteiger partial charge in [0.15, 0.2) is 0 Å². The number of nitrogens with zero attached hydrogens (tertiary/aromatic N) is 2. The molecule has 2 N–H and O–H groups in total. The molecule has 0 aliphatic carbocycles. The normalized spacial score (nSPS) is 10.7. The van der Waals surface area contributed by atoms with E-state index in [2.05, 4.69) is 20.8 Å². The number of anilines is 2. The fraction of sp³-hybridized carbons (Fsp3) is 0. The quantitative estimate of drug-likeness (QED) is 0.420. The molecular weight excluding hydrogens is 408 g/mol. The Kier molecular flexibility index (Phi) is 6.25. The summed E-state index contributed by atoms with van der Waals surface area (Å²) in [5, 5.41) is 14.8. The van der Waals surface area contributed by atoms with Crippen molar-refractivity contribution in [3.63, 3.8) is 0 Å². The topological polar surface area (TPSA) is 84.0 Å². The second kappa shape index (κ2) is 9.60. The highest BCUT2D eigenvalue weighted by Gasteiger charge is 2.15. The number of hydrogen-bond donors (Lipinski definition) is 2. The third kappa shape index (κ3) is 5.29. The van der Waals surface area contributed by atoms with E-state index in [1.165, 1.54) is 17.4 Å². The summed E-state index contributed by atoms with van der Waals surface area (Å²) in [7, 11) is 0. The monoisotopic (exact) mass is 426 g/mol. The van der Waals surface area contributed by atoms with E-state index in [9.17, 15) is 9.59 Å². The van der Waals surface area contributed by atoms with E-state index in [1.807, 2.05) is 60.7 Å². The van der Waals surface area contributed by atoms with Gasteiger partial charge in [-0.05, 0) is 23.8 Å². The molecule has 7 heteroatoms. The lowest BCUT2D eigenvalue weighted by molar-refractivity contribution is -0.111. The molecule has 0 spiro atoms. The lowest BCUT2D eigenvalue weighted by atomic mass is 10.1. The second-order valence-electron chi connectivity index (χ2n) is 6.51. The van der Waals surface area contributed by atoms with Gasteiger partial charge in [0, 0.05) is 11.6 Å². The van der Waals surface area contributed by atoms with Gasteiger partial charge in [-0.1, -0.05) is 84.1 Å². The SMILES string of the molecule is O=C(/C=C/c1ccccc1)Nc1ccccc1C(=O)Nc1nnc(-c2ccccc2)s1. The third-order valence-electron chi connectivity index (χ3n) is 4.32. The van der Waals surface area contributed by atoms with Gasteiger partial charge >= 0.3 is 0 Å². The van der Waals surface area contributed by atoms with Crippen LogP contribution in [0.15, 0.2) is 91.0 Å². The lowest BCUT2D eigenvalue weighted by Crippen LogP contribution is -2.16. The zero-order valence-corrected chi connectivity index (χ0v) is 17.2. The summed E-state index contributed by atoms with van der Waals surface area (Å²) in [5.74, 6) is -0.704. The first-order valence-electron chi connectivity index (χ1n) is 9.52. The number of carbonyl (C=O) groups excluding carboxylic acids is 2. The standard InChI is InChI=1S/C24H18N4O2S/c29-21(16-15-17-9-3-1-4-10-17)25-20-14-8-7-13-19(20)22(30)26-24-28-27-23(31-24)18-11-5-2-6-12-18/h1-16H,(H,25,29)(H,26,28,30)/b16-15+. The Morgan fingerprint density at radius 2 is 1.45 bits per heavy atom. The van der Waals surface area contributed by atoms with Crippen LogP contribution in [-0.4, -0.2) is 22.0 Å². The van der Waals surface area contributed by atoms with Crippen LogP contribution < -0.4 is 10.6 Å². The summed E-state index contributed by atoms with van der Waals surface area (Å²) in [6.45, 7) is 0. The molecule has 0 atom stereocenters. The van der Waals surface area contributed by atoms with Crippen molar-refractivity contribution >= 4 is 40.0 Å². The second-order valence-corrected chi connectivity index (χ2v) is 7.49. The molecule has 0 unspecified atom stereocenters. The first-order chi connectivity index (χ1) is 15.2. The molecule has 0 saturated carbocycles. The number of hydrogen-bond acceptors (Lipinski definition) is 5. The van der Waals surface area contributed by atoms with Gasteiger partial charge in [0.1, 0.15) is 5.01 Å². The Morgan fingerprint density at radius 1 is 0.774 bits per heavy atom. The van der Waals surface area contributed by atoms with Gasteiger partial charge < -0.3 is 5.32 Å². The number of rotatable bonds is 6. The number of aromatic nitrogens is 2. The van der Waals surface area contributed by atoms with Crippen molar-refractivity contribution in [2.45, 2.75) is 0 Å². The Balaban J connectivity index is 1.45. The summed E-state index contributed by atoms with van der Waals surface area (Å²) < 4.78 is 0. The predicted molar refractivity (Wildman–Crippen MR) is 124 cm³/mol. The van der Waals surface area contributed by atoms with Crippen LogP contribution in [0.1, 0.15) is 15.9 Å². The van der Waals surface area contributed by atoms with Gasteiger partial charge in [-0.25, -0.2) is 0 Å². The van der Waals surface area contributed by atoms with E-state index in [-0.39, 0.29) is 11.8 Å². The smallest absolute Gasteiger partial charge is 0.259 e. The van der Waals surface area contributed by atoms with Gasteiger partial charge in [-0.2, -0.15) is 0 Å². The predicted octanol–water partition coefficient (Wildman–Crippen LogP) is 5.11. The van der Waals surface area contributed by atoms with Crippen LogP contribution in [-0.2, 0) is 4.79 Å². The van der Waals surface area contributed by atoms with E-state index < -0.39 is 0 Å². The first-order valence-corrected chi connectivity index (χ1v) is 10.3. The third-order valence-corrected chi connectivity index (χ3v) is 5.21. The van der Waals surface area contributed by atoms with Gasteiger partial charge in [0.05, 0.1) is 11.3 Å². The number of para-hydroxylation sites is 1. The maximum Gasteiger partial charge on any atom is 0.259 e. The van der Waals surface area contributed by atoms with Crippen LogP contribution in [0.25, 0.3) is 16.6 Å². The maximum absolute atomic E-state index is 12.8. The van der Waals surface area contributed by atoms with Gasteiger partial charge in [0.2, 0.25) is 11.0 Å². The molecule has 0 radical (unpaired) electrons. The van der Waals surface area contributed by atoms with Gasteiger partial charge in [-0.3, -0.25) is 14.9 Å². The fourth-order valence-corrected chi connectivity index (χ4v) is 3.58. The number of carbonyl (C=O) groups is 2. The van der Waals surface area contributed by atoms with Crippen molar-refractivity contribution in [1.82, 2.24) is 10.2 Å². The zero-order chi connectivity index (χ0) is 21.5. The Hall–Kier alpha value is -4.10. The first kappa shape index (κ1) is 20.2. The Bertz CT molecular complexity index is 1220. The van der Waals surface area contributed by atoms with E-state index in [0.717, 1.165) is 11.1 Å². The Morgan fingerprint density at radius 3 is 2.23 bits per heavy atom. The van der Waals surface area contributed by atoms with Crippen molar-refractivity contribution in [2.75, 3.05) is 10.6 Å². The minimum absolute atomic E-state index is 0.327. The molecule has 0 saturated heterocycles. The van der Waals surface area contributed by atoms with E-state index in [4.69, 9.17) is 0 Å². The highest BCUT2D eigenvalue weighted by atomic mass is 32.1. The van der Waals surface area contributed by atoms with Crippen LogP contribution in [0.4, 0.5) is 10.8 Å². The molecule has 6 nitrogen and oxygen atoms in total. The van der Waals surface area contributed by atoms with Crippen molar-refractivity contribution in [1.29, 1.82) is 0 Å². The van der Waals surface area contributed by atoms with Crippen LogP contribution in [0, 0.1) is 0 Å². The summed E-state index contributed by atoms with van der Waals surface area (Å²) in [4.78, 5) is 25.1. The minimum Gasteiger partial charge on any atom is -0.322 e. The van der Waals surface area contributed by atoms with Crippen molar-refractivity contribution < 1.29 is 9.59 Å². The summed E-state index contributed by atoms with van der Waals surface area (Å²) in [6.07, 6.45) is 3.14. The molecule has 31 heavy (non-hydrogen) atoms. The largest absolute Gasteiger partial charge is 0.322 e. The lowest BCUT2D eigenvalue weighted by Gasteiger charge is -2.09. The minimum atomic E-state index is -0.376. The van der Waals surface area contributed by atoms with Gasteiger partial charge in [0.25, 0.3) is 5.91 Å². The fourth-order valence-electron chi connectivity index (χ4n) is 2.84. The molecule has 0 aliphatic heterocycles. The molecule has 0 fully saturated rings.